The van der Waals surface area contributed by atoms with Crippen LogP contribution in [0.4, 0.5) is 5.69 Å². The van der Waals surface area contributed by atoms with E-state index in [1.807, 2.05) is 30.3 Å². The number of nitrogens with one attached hydrogen (secondary N) is 1. The third-order valence-corrected chi connectivity index (χ3v) is 3.05. The summed E-state index contributed by atoms with van der Waals surface area (Å²) < 4.78 is 15.6. The van der Waals surface area contributed by atoms with Crippen molar-refractivity contribution >= 4 is 17.6 Å². The van der Waals surface area contributed by atoms with E-state index in [4.69, 9.17) is 9.47 Å². The molecular weight excluding hydrogens is 310 g/mol. The van der Waals surface area contributed by atoms with Crippen molar-refractivity contribution < 1.29 is 23.8 Å². The first-order valence-corrected chi connectivity index (χ1v) is 7.45. The Morgan fingerprint density at radius 3 is 2.33 bits per heavy atom. The third kappa shape index (κ3) is 5.64. The Morgan fingerprint density at radius 2 is 1.58 bits per heavy atom. The van der Waals surface area contributed by atoms with Gasteiger partial charge in [-0.2, -0.15) is 0 Å². The van der Waals surface area contributed by atoms with Crippen LogP contribution in [0.1, 0.15) is 6.42 Å². The van der Waals surface area contributed by atoms with Crippen LogP contribution < -0.4 is 14.8 Å². The lowest BCUT2D eigenvalue weighted by Crippen LogP contribution is -2.18. The summed E-state index contributed by atoms with van der Waals surface area (Å²) in [5, 5.41) is 2.63. The van der Waals surface area contributed by atoms with Gasteiger partial charge in [-0.05, 0) is 24.3 Å². The second kappa shape index (κ2) is 9.19. The Kier molecular flexibility index (Phi) is 6.64. The summed E-state index contributed by atoms with van der Waals surface area (Å²) in [6.07, 6.45) is -0.345. The van der Waals surface area contributed by atoms with E-state index in [-0.39, 0.29) is 6.42 Å². The Labute approximate surface area is 140 Å². The molecule has 2 aromatic rings. The van der Waals surface area contributed by atoms with Gasteiger partial charge in [0.15, 0.2) is 0 Å². The molecule has 2 rings (SSSR count). The molecule has 0 aliphatic rings. The van der Waals surface area contributed by atoms with E-state index in [1.54, 1.807) is 24.3 Å². The molecule has 0 bridgehead atoms. The maximum absolute atomic E-state index is 11.8. The summed E-state index contributed by atoms with van der Waals surface area (Å²) in [6.45, 7) is 0.688. The average Bonchev–Trinajstić information content (AvgIpc) is 2.60. The fraction of sp³-hybridized carbons (Fsp3) is 0.222. The number of hydrogen-bond acceptors (Lipinski definition) is 5. The van der Waals surface area contributed by atoms with Gasteiger partial charge in [0.25, 0.3) is 0 Å². The van der Waals surface area contributed by atoms with Gasteiger partial charge in [-0.15, -0.1) is 0 Å². The van der Waals surface area contributed by atoms with Gasteiger partial charge in [-0.1, -0.05) is 30.3 Å². The normalized spacial score (nSPS) is 9.88. The molecule has 0 spiro atoms. The van der Waals surface area contributed by atoms with Crippen molar-refractivity contribution in [1.82, 2.24) is 0 Å². The van der Waals surface area contributed by atoms with E-state index in [9.17, 15) is 9.59 Å². The van der Waals surface area contributed by atoms with Gasteiger partial charge in [0, 0.05) is 0 Å². The molecule has 0 saturated carbocycles. The maximum Gasteiger partial charge on any atom is 0.315 e. The molecule has 0 saturated heterocycles. The first-order valence-electron chi connectivity index (χ1n) is 7.45. The molecule has 0 atom stereocenters. The largest absolute Gasteiger partial charge is 0.490 e. The summed E-state index contributed by atoms with van der Waals surface area (Å²) >= 11 is 0. The van der Waals surface area contributed by atoms with Gasteiger partial charge in [-0.25, -0.2) is 0 Å². The van der Waals surface area contributed by atoms with Crippen molar-refractivity contribution in [1.29, 1.82) is 0 Å². The van der Waals surface area contributed by atoms with Crippen molar-refractivity contribution in [3.63, 3.8) is 0 Å². The van der Waals surface area contributed by atoms with Crippen molar-refractivity contribution in [2.24, 2.45) is 0 Å². The Balaban J connectivity index is 1.84. The van der Waals surface area contributed by atoms with Crippen molar-refractivity contribution in [2.45, 2.75) is 6.42 Å². The predicted octanol–water partition coefficient (Wildman–Crippen LogP) is 2.65. The van der Waals surface area contributed by atoms with Gasteiger partial charge in [-0.3, -0.25) is 9.59 Å². The van der Waals surface area contributed by atoms with E-state index in [2.05, 4.69) is 10.1 Å². The molecule has 0 fully saturated rings. The van der Waals surface area contributed by atoms with Gasteiger partial charge in [0.2, 0.25) is 5.91 Å². The Bertz CT molecular complexity index is 672. The van der Waals surface area contributed by atoms with Crippen LogP contribution in [0.3, 0.4) is 0 Å². The third-order valence-electron chi connectivity index (χ3n) is 3.05. The minimum Gasteiger partial charge on any atom is -0.490 e. The van der Waals surface area contributed by atoms with Gasteiger partial charge in [0.05, 0.1) is 12.8 Å². The first kappa shape index (κ1) is 17.3. The fourth-order valence-corrected chi connectivity index (χ4v) is 1.92. The summed E-state index contributed by atoms with van der Waals surface area (Å²) in [5.41, 5.74) is 0.492. The number of hydrogen-bond donors (Lipinski definition) is 1. The van der Waals surface area contributed by atoms with E-state index in [0.29, 0.717) is 24.7 Å². The zero-order valence-electron chi connectivity index (χ0n) is 13.4. The van der Waals surface area contributed by atoms with Gasteiger partial charge >= 0.3 is 5.97 Å². The number of para-hydroxylation sites is 3. The van der Waals surface area contributed by atoms with Crippen LogP contribution in [0.2, 0.25) is 0 Å². The molecule has 0 unspecified atom stereocenters. The number of esters is 1. The van der Waals surface area contributed by atoms with Gasteiger partial charge in [0.1, 0.15) is 31.1 Å². The highest BCUT2D eigenvalue weighted by molar-refractivity contribution is 6.02. The number of carbonyl (C=O) groups excluding carboxylic acids is 2. The van der Waals surface area contributed by atoms with E-state index in [1.165, 1.54) is 7.11 Å². The molecule has 0 aliphatic carbocycles. The minimum absolute atomic E-state index is 0.318. The summed E-state index contributed by atoms with van der Waals surface area (Å²) in [6, 6.07) is 16.4. The number of rotatable bonds is 8. The first-order chi connectivity index (χ1) is 11.7. The van der Waals surface area contributed by atoms with Crippen LogP contribution in [-0.4, -0.2) is 32.2 Å². The Hall–Kier alpha value is -3.02. The lowest BCUT2D eigenvalue weighted by atomic mass is 10.3. The topological polar surface area (TPSA) is 73.9 Å². The number of anilines is 1. The predicted molar refractivity (Wildman–Crippen MR) is 89.1 cm³/mol. The van der Waals surface area contributed by atoms with Crippen LogP contribution in [0, 0.1) is 0 Å². The summed E-state index contributed by atoms with van der Waals surface area (Å²) in [7, 11) is 1.24. The lowest BCUT2D eigenvalue weighted by Gasteiger charge is -2.12. The monoisotopic (exact) mass is 329 g/mol. The molecule has 0 heterocycles. The number of amides is 1. The van der Waals surface area contributed by atoms with Crippen molar-refractivity contribution in [2.75, 3.05) is 25.6 Å². The molecule has 0 radical (unpaired) electrons. The molecule has 1 amide bonds. The zero-order valence-corrected chi connectivity index (χ0v) is 13.4. The van der Waals surface area contributed by atoms with Crippen molar-refractivity contribution in [3.8, 4) is 11.5 Å². The smallest absolute Gasteiger partial charge is 0.315 e. The lowest BCUT2D eigenvalue weighted by molar-refractivity contribution is -0.142. The number of methoxy groups -OCH3 is 1. The quantitative estimate of drug-likeness (QED) is 0.458. The van der Waals surface area contributed by atoms with Crippen LogP contribution in [0.5, 0.6) is 11.5 Å². The molecule has 24 heavy (non-hydrogen) atoms. The second-order valence-electron chi connectivity index (χ2n) is 4.81. The van der Waals surface area contributed by atoms with Crippen LogP contribution in [-0.2, 0) is 14.3 Å². The number of benzene rings is 2. The molecular formula is C18H19NO5. The van der Waals surface area contributed by atoms with Gasteiger partial charge < -0.3 is 19.5 Å². The average molecular weight is 329 g/mol. The highest BCUT2D eigenvalue weighted by Gasteiger charge is 2.12. The molecule has 0 aliphatic heterocycles. The SMILES string of the molecule is COC(=O)CC(=O)Nc1ccccc1OCCOc1ccccc1. The zero-order chi connectivity index (χ0) is 17.2. The van der Waals surface area contributed by atoms with E-state index < -0.39 is 11.9 Å². The summed E-state index contributed by atoms with van der Waals surface area (Å²) in [4.78, 5) is 22.9. The number of ether oxygens (including phenoxy) is 3. The molecule has 126 valence electrons. The highest BCUT2D eigenvalue weighted by atomic mass is 16.5. The second-order valence-corrected chi connectivity index (χ2v) is 4.81. The number of carbonyl (C=O) groups is 2. The maximum atomic E-state index is 11.8. The highest BCUT2D eigenvalue weighted by Crippen LogP contribution is 2.23. The minimum atomic E-state index is -0.595. The molecule has 6 heteroatoms. The molecule has 6 nitrogen and oxygen atoms in total. The van der Waals surface area contributed by atoms with Crippen LogP contribution in [0.25, 0.3) is 0 Å². The Morgan fingerprint density at radius 1 is 0.917 bits per heavy atom. The van der Waals surface area contributed by atoms with E-state index in [0.717, 1.165) is 5.75 Å². The fourth-order valence-electron chi connectivity index (χ4n) is 1.92. The van der Waals surface area contributed by atoms with E-state index >= 15 is 0 Å². The standard InChI is InChI=1S/C18H19NO5/c1-22-18(21)13-17(20)19-15-9-5-6-10-16(15)24-12-11-23-14-7-3-2-4-8-14/h2-10H,11-13H2,1H3,(H,19,20). The molecule has 0 aromatic heterocycles. The van der Waals surface area contributed by atoms with Crippen LogP contribution >= 0.6 is 0 Å². The summed E-state index contributed by atoms with van der Waals surface area (Å²) in [5.74, 6) is 0.216. The van der Waals surface area contributed by atoms with Crippen molar-refractivity contribution in [3.05, 3.63) is 54.6 Å². The molecule has 1 N–H and O–H groups in total. The van der Waals surface area contributed by atoms with Crippen LogP contribution in [0.15, 0.2) is 54.6 Å². The molecule has 2 aromatic carbocycles.